The van der Waals surface area contributed by atoms with Crippen molar-refractivity contribution < 1.29 is 9.53 Å². The number of hydrogen-bond donors (Lipinski definition) is 1. The molecule has 2 aromatic heterocycles. The van der Waals surface area contributed by atoms with Crippen LogP contribution in [-0.4, -0.2) is 40.5 Å². The van der Waals surface area contributed by atoms with E-state index in [1.54, 1.807) is 15.9 Å². The number of thiophene rings is 1. The number of aromatic nitrogens is 2. The van der Waals surface area contributed by atoms with Gasteiger partial charge in [0.15, 0.2) is 5.16 Å². The molecular formula is C20H27N3O3S2. The average molecular weight is 422 g/mol. The molecule has 1 fully saturated rings. The highest BCUT2D eigenvalue weighted by atomic mass is 32.2. The van der Waals surface area contributed by atoms with Gasteiger partial charge >= 0.3 is 0 Å². The second kappa shape index (κ2) is 8.55. The molecule has 28 heavy (non-hydrogen) atoms. The van der Waals surface area contributed by atoms with Crippen LogP contribution in [0.4, 0.5) is 0 Å². The van der Waals surface area contributed by atoms with E-state index in [1.165, 1.54) is 22.2 Å². The fourth-order valence-corrected chi connectivity index (χ4v) is 6.32. The van der Waals surface area contributed by atoms with E-state index < -0.39 is 0 Å². The number of fused-ring (bicyclic) bond motifs is 3. The summed E-state index contributed by atoms with van der Waals surface area (Å²) in [5, 5.41) is 4.38. The van der Waals surface area contributed by atoms with Crippen LogP contribution in [0.2, 0.25) is 0 Å². The summed E-state index contributed by atoms with van der Waals surface area (Å²) in [7, 11) is 0. The van der Waals surface area contributed by atoms with Crippen LogP contribution in [0.1, 0.15) is 43.6 Å². The molecule has 0 aromatic carbocycles. The number of rotatable bonds is 6. The monoisotopic (exact) mass is 421 g/mol. The van der Waals surface area contributed by atoms with Crippen molar-refractivity contribution in [3.05, 3.63) is 20.8 Å². The lowest BCUT2D eigenvalue weighted by molar-refractivity contribution is -0.119. The van der Waals surface area contributed by atoms with Crippen LogP contribution >= 0.6 is 23.1 Å². The van der Waals surface area contributed by atoms with Crippen LogP contribution in [0.3, 0.4) is 0 Å². The number of amides is 1. The van der Waals surface area contributed by atoms with Gasteiger partial charge in [0.05, 0.1) is 17.2 Å². The number of carbonyl (C=O) groups excluding carboxylic acids is 1. The topological polar surface area (TPSA) is 73.2 Å². The minimum absolute atomic E-state index is 0.0433. The van der Waals surface area contributed by atoms with Crippen molar-refractivity contribution in [3.8, 4) is 0 Å². The Labute approximate surface area is 173 Å². The summed E-state index contributed by atoms with van der Waals surface area (Å²) in [6.45, 7) is 6.12. The van der Waals surface area contributed by atoms with Crippen LogP contribution in [0.5, 0.6) is 0 Å². The fraction of sp³-hybridized carbons (Fsp3) is 0.650. The normalized spacial score (nSPS) is 21.8. The number of aryl methyl sites for hydroxylation is 1. The van der Waals surface area contributed by atoms with E-state index in [1.807, 2.05) is 6.92 Å². The van der Waals surface area contributed by atoms with Gasteiger partial charge in [-0.2, -0.15) is 0 Å². The molecule has 152 valence electrons. The molecule has 1 saturated heterocycles. The van der Waals surface area contributed by atoms with E-state index >= 15 is 0 Å². The first-order valence-corrected chi connectivity index (χ1v) is 11.9. The van der Waals surface area contributed by atoms with Gasteiger partial charge in [-0.3, -0.25) is 14.2 Å². The number of nitrogens with one attached hydrogen (secondary N) is 1. The Morgan fingerprint density at radius 1 is 1.43 bits per heavy atom. The van der Waals surface area contributed by atoms with Crippen LogP contribution in [0.15, 0.2) is 9.95 Å². The molecule has 6 nitrogen and oxygen atoms in total. The molecule has 3 heterocycles. The van der Waals surface area contributed by atoms with Gasteiger partial charge in [-0.1, -0.05) is 18.7 Å². The summed E-state index contributed by atoms with van der Waals surface area (Å²) in [6, 6.07) is 0. The molecule has 0 spiro atoms. The molecule has 0 saturated carbocycles. The number of nitrogens with zero attached hydrogens (tertiary/aromatic N) is 2. The van der Waals surface area contributed by atoms with Crippen molar-refractivity contribution in [3.63, 3.8) is 0 Å². The van der Waals surface area contributed by atoms with Crippen LogP contribution < -0.4 is 10.9 Å². The lowest BCUT2D eigenvalue weighted by Crippen LogP contribution is -2.33. The van der Waals surface area contributed by atoms with E-state index in [4.69, 9.17) is 9.72 Å². The maximum Gasteiger partial charge on any atom is 0.263 e. The van der Waals surface area contributed by atoms with Crippen molar-refractivity contribution in [2.75, 3.05) is 18.9 Å². The zero-order chi connectivity index (χ0) is 19.7. The Balaban J connectivity index is 1.52. The van der Waals surface area contributed by atoms with Gasteiger partial charge < -0.3 is 10.1 Å². The Morgan fingerprint density at radius 3 is 3.04 bits per heavy atom. The van der Waals surface area contributed by atoms with Gasteiger partial charge in [0.2, 0.25) is 5.91 Å². The zero-order valence-corrected chi connectivity index (χ0v) is 18.1. The van der Waals surface area contributed by atoms with Gasteiger partial charge in [-0.25, -0.2) is 4.98 Å². The smallest absolute Gasteiger partial charge is 0.263 e. The fourth-order valence-electron chi connectivity index (χ4n) is 4.01. The lowest BCUT2D eigenvalue weighted by Gasteiger charge is -2.17. The Kier molecular flexibility index (Phi) is 6.08. The molecule has 0 bridgehead atoms. The second-order valence-electron chi connectivity index (χ2n) is 7.70. The van der Waals surface area contributed by atoms with Crippen LogP contribution in [0.25, 0.3) is 10.2 Å². The van der Waals surface area contributed by atoms with E-state index in [-0.39, 0.29) is 23.3 Å². The molecule has 0 radical (unpaired) electrons. The summed E-state index contributed by atoms with van der Waals surface area (Å²) in [5.74, 6) is 0.874. The predicted octanol–water partition coefficient (Wildman–Crippen LogP) is 2.99. The largest absolute Gasteiger partial charge is 0.376 e. The summed E-state index contributed by atoms with van der Waals surface area (Å²) < 4.78 is 7.25. The summed E-state index contributed by atoms with van der Waals surface area (Å²) in [5.41, 5.74) is 1.26. The molecule has 2 aliphatic rings. The molecule has 2 atom stereocenters. The molecule has 1 amide bonds. The molecule has 1 N–H and O–H groups in total. The quantitative estimate of drug-likeness (QED) is 0.573. The van der Waals surface area contributed by atoms with Gasteiger partial charge in [0, 0.05) is 24.6 Å². The summed E-state index contributed by atoms with van der Waals surface area (Å²) >= 11 is 3.00. The van der Waals surface area contributed by atoms with Crippen molar-refractivity contribution in [1.29, 1.82) is 0 Å². The first kappa shape index (κ1) is 19.9. The third-order valence-electron chi connectivity index (χ3n) is 5.58. The van der Waals surface area contributed by atoms with E-state index in [0.29, 0.717) is 24.2 Å². The van der Waals surface area contributed by atoms with E-state index in [9.17, 15) is 9.59 Å². The summed E-state index contributed by atoms with van der Waals surface area (Å²) in [4.78, 5) is 32.3. The Morgan fingerprint density at radius 2 is 2.29 bits per heavy atom. The highest BCUT2D eigenvalue weighted by Gasteiger charge is 2.24. The minimum Gasteiger partial charge on any atom is -0.376 e. The van der Waals surface area contributed by atoms with Gasteiger partial charge in [0.25, 0.3) is 5.56 Å². The Bertz CT molecular complexity index is 931. The molecule has 1 aliphatic heterocycles. The lowest BCUT2D eigenvalue weighted by atomic mass is 9.89. The van der Waals surface area contributed by atoms with Crippen molar-refractivity contribution in [2.45, 2.75) is 63.8 Å². The maximum absolute atomic E-state index is 13.1. The van der Waals surface area contributed by atoms with Gasteiger partial charge in [-0.15, -0.1) is 11.3 Å². The highest BCUT2D eigenvalue weighted by Crippen LogP contribution is 2.36. The van der Waals surface area contributed by atoms with E-state index in [0.717, 1.165) is 48.9 Å². The molecule has 4 rings (SSSR count). The van der Waals surface area contributed by atoms with Crippen molar-refractivity contribution >= 4 is 39.2 Å². The van der Waals surface area contributed by atoms with Crippen molar-refractivity contribution in [1.82, 2.24) is 14.9 Å². The SMILES string of the molecule is CCn1c(SCC(=O)NCC2CCCO2)nc2sc3c(c2c1=O)CCC(C)C3. The first-order valence-electron chi connectivity index (χ1n) is 10.1. The molecule has 8 heteroatoms. The molecule has 1 aliphatic carbocycles. The standard InChI is InChI=1S/C20H27N3O3S2/c1-3-23-19(25)17-14-7-6-12(2)9-15(14)28-18(17)22-20(23)27-11-16(24)21-10-13-5-4-8-26-13/h12-13H,3-11H2,1-2H3,(H,21,24). The highest BCUT2D eigenvalue weighted by molar-refractivity contribution is 7.99. The second-order valence-corrected chi connectivity index (χ2v) is 9.73. The number of hydrogen-bond acceptors (Lipinski definition) is 6. The third kappa shape index (κ3) is 4.00. The average Bonchev–Trinajstić information content (AvgIpc) is 3.31. The molecular weight excluding hydrogens is 394 g/mol. The first-order chi connectivity index (χ1) is 13.6. The van der Waals surface area contributed by atoms with Crippen LogP contribution in [-0.2, 0) is 28.9 Å². The number of thioether (sulfide) groups is 1. The molecule has 2 aromatic rings. The zero-order valence-electron chi connectivity index (χ0n) is 16.5. The third-order valence-corrected chi connectivity index (χ3v) is 7.70. The maximum atomic E-state index is 13.1. The van der Waals surface area contributed by atoms with Gasteiger partial charge in [-0.05, 0) is 50.5 Å². The predicted molar refractivity (Wildman–Crippen MR) is 113 cm³/mol. The van der Waals surface area contributed by atoms with Crippen molar-refractivity contribution in [2.24, 2.45) is 5.92 Å². The Hall–Kier alpha value is -1.38. The molecule has 2 unspecified atom stereocenters. The summed E-state index contributed by atoms with van der Waals surface area (Å²) in [6.07, 6.45) is 5.34. The number of ether oxygens (including phenoxy) is 1. The minimum atomic E-state index is -0.0446. The number of carbonyl (C=O) groups is 1. The van der Waals surface area contributed by atoms with E-state index in [2.05, 4.69) is 12.2 Å². The van der Waals surface area contributed by atoms with Gasteiger partial charge in [0.1, 0.15) is 4.83 Å². The van der Waals surface area contributed by atoms with Crippen LogP contribution in [0, 0.1) is 5.92 Å².